The quantitative estimate of drug-likeness (QED) is 0.0838. The number of ether oxygens (including phenoxy) is 8. The van der Waals surface area contributed by atoms with Crippen molar-refractivity contribution in [3.05, 3.63) is 0 Å². The van der Waals surface area contributed by atoms with Crippen molar-refractivity contribution in [3.63, 3.8) is 0 Å². The van der Waals surface area contributed by atoms with Crippen molar-refractivity contribution in [2.24, 2.45) is 0 Å². The SMILES string of the molecule is O=C(O)CO[C@H]1[C@@H](O[C@H]2[C@H](O)[C@@H](O)[C@@H](O)O[C@@H]2CO)O[C@H](CO)[C@@H](O[C@H]2O[C@H](CO)[C@@H](O[C@H]3O[C@H](CO)[C@@H](O)[C@H](O)[C@H]3O)[C@H](O)[C@H]2O)[C@@H]1O. The summed E-state index contributed by atoms with van der Waals surface area (Å²) in [6, 6.07) is 0. The van der Waals surface area contributed by atoms with Gasteiger partial charge in [0.15, 0.2) is 25.2 Å². The Hall–Kier alpha value is -1.37. The molecule has 0 aromatic rings. The molecule has 4 fully saturated rings. The number of hydrogen-bond donors (Lipinski definition) is 14. The Labute approximate surface area is 276 Å². The maximum atomic E-state index is 11.3. The highest BCUT2D eigenvalue weighted by Crippen LogP contribution is 2.35. The molecule has 0 radical (unpaired) electrons. The van der Waals surface area contributed by atoms with Crippen LogP contribution in [-0.4, -0.2) is 233 Å². The summed E-state index contributed by atoms with van der Waals surface area (Å²) in [5, 5.41) is 142. The number of hydrogen-bond acceptors (Lipinski definition) is 22. The standard InChI is InChI=1S/C26H44O23/c27-1-6-11(33)12(34)16(38)24(44-6)47-20-8(3-29)45-25(17(39)14(20)36)48-21-9(4-30)46-26(22(18(21)40)42-5-10(31)32)49-19-7(2-28)43-23(41)15(37)13(19)35/h6-9,11-30,33-41H,1-5H2,(H,31,32)/t6-,7-,8-,9-,11-,12+,13-,14-,15-,16-,17-,18+,19-,20-,21-,22-,23+,24-,25-,26-/m1/s1. The molecule has 14 N–H and O–H groups in total. The van der Waals surface area contributed by atoms with Gasteiger partial charge in [0, 0.05) is 0 Å². The van der Waals surface area contributed by atoms with E-state index in [1.807, 2.05) is 0 Å². The highest BCUT2D eigenvalue weighted by Gasteiger charge is 2.55. The van der Waals surface area contributed by atoms with Gasteiger partial charge in [0.2, 0.25) is 0 Å². The molecule has 0 aromatic carbocycles. The number of carbonyl (C=O) groups is 1. The van der Waals surface area contributed by atoms with E-state index in [1.165, 1.54) is 0 Å². The lowest BCUT2D eigenvalue weighted by atomic mass is 9.95. The zero-order chi connectivity index (χ0) is 36.3. The molecule has 23 heteroatoms. The van der Waals surface area contributed by atoms with E-state index in [2.05, 4.69) is 0 Å². The summed E-state index contributed by atoms with van der Waals surface area (Å²) < 4.78 is 43.5. The minimum Gasteiger partial charge on any atom is -0.480 e. The number of rotatable bonds is 13. The number of aliphatic hydroxyl groups is 13. The predicted molar refractivity (Wildman–Crippen MR) is 145 cm³/mol. The van der Waals surface area contributed by atoms with Gasteiger partial charge in [-0.2, -0.15) is 0 Å². The van der Waals surface area contributed by atoms with E-state index in [-0.39, 0.29) is 0 Å². The zero-order valence-electron chi connectivity index (χ0n) is 25.5. The van der Waals surface area contributed by atoms with E-state index in [9.17, 15) is 76.3 Å². The lowest BCUT2D eigenvalue weighted by Crippen LogP contribution is -2.67. The van der Waals surface area contributed by atoms with Crippen molar-refractivity contribution in [3.8, 4) is 0 Å². The van der Waals surface area contributed by atoms with Crippen LogP contribution in [-0.2, 0) is 42.7 Å². The molecule has 4 aliphatic rings. The third-order valence-corrected chi connectivity index (χ3v) is 8.58. The van der Waals surface area contributed by atoms with Crippen molar-refractivity contribution in [1.82, 2.24) is 0 Å². The number of carboxylic acids is 1. The van der Waals surface area contributed by atoms with Crippen LogP contribution >= 0.6 is 0 Å². The molecule has 4 heterocycles. The average molecular weight is 725 g/mol. The van der Waals surface area contributed by atoms with E-state index < -0.39 is 162 Å². The Morgan fingerprint density at radius 3 is 1.37 bits per heavy atom. The fraction of sp³-hybridized carbons (Fsp3) is 0.962. The fourth-order valence-electron chi connectivity index (χ4n) is 5.88. The molecule has 0 aromatic heterocycles. The summed E-state index contributed by atoms with van der Waals surface area (Å²) in [4.78, 5) is 11.3. The third-order valence-electron chi connectivity index (χ3n) is 8.58. The normalized spacial score (nSPS) is 49.5. The first-order valence-corrected chi connectivity index (χ1v) is 15.2. The molecule has 0 saturated carbocycles. The van der Waals surface area contributed by atoms with Gasteiger partial charge < -0.3 is 109 Å². The summed E-state index contributed by atoms with van der Waals surface area (Å²) in [7, 11) is 0. The molecule has 0 amide bonds. The van der Waals surface area contributed by atoms with Crippen LogP contribution in [0.15, 0.2) is 0 Å². The molecule has 0 spiro atoms. The van der Waals surface area contributed by atoms with E-state index in [0.29, 0.717) is 0 Å². The Morgan fingerprint density at radius 1 is 0.449 bits per heavy atom. The number of aliphatic carboxylic acids is 1. The van der Waals surface area contributed by atoms with Crippen molar-refractivity contribution in [2.45, 2.75) is 123 Å². The second-order valence-corrected chi connectivity index (χ2v) is 11.8. The second-order valence-electron chi connectivity index (χ2n) is 11.8. The summed E-state index contributed by atoms with van der Waals surface area (Å²) >= 11 is 0. The van der Waals surface area contributed by atoms with Gasteiger partial charge in [-0.1, -0.05) is 0 Å². The molecule has 0 bridgehead atoms. The van der Waals surface area contributed by atoms with Gasteiger partial charge in [0.25, 0.3) is 0 Å². The highest BCUT2D eigenvalue weighted by atomic mass is 16.8. The molecule has 23 nitrogen and oxygen atoms in total. The molecule has 4 rings (SSSR count). The van der Waals surface area contributed by atoms with Crippen LogP contribution < -0.4 is 0 Å². The van der Waals surface area contributed by atoms with Crippen LogP contribution in [0.5, 0.6) is 0 Å². The first-order valence-electron chi connectivity index (χ1n) is 15.2. The molecular weight excluding hydrogens is 680 g/mol. The maximum absolute atomic E-state index is 11.3. The van der Waals surface area contributed by atoms with Gasteiger partial charge in [-0.15, -0.1) is 0 Å². The van der Waals surface area contributed by atoms with Crippen molar-refractivity contribution in [2.75, 3.05) is 33.0 Å². The Balaban J connectivity index is 1.51. The fourth-order valence-corrected chi connectivity index (χ4v) is 5.88. The van der Waals surface area contributed by atoms with Crippen LogP contribution in [0.2, 0.25) is 0 Å². The lowest BCUT2D eigenvalue weighted by Gasteiger charge is -2.49. The average Bonchev–Trinajstić information content (AvgIpc) is 3.08. The predicted octanol–water partition coefficient (Wildman–Crippen LogP) is -9.64. The largest absolute Gasteiger partial charge is 0.480 e. The Kier molecular flexibility index (Phi) is 14.4. The molecule has 0 unspecified atom stereocenters. The van der Waals surface area contributed by atoms with E-state index >= 15 is 0 Å². The Morgan fingerprint density at radius 2 is 0.857 bits per heavy atom. The summed E-state index contributed by atoms with van der Waals surface area (Å²) in [5.74, 6) is -1.52. The maximum Gasteiger partial charge on any atom is 0.329 e. The second kappa shape index (κ2) is 17.4. The highest BCUT2D eigenvalue weighted by molar-refractivity contribution is 5.68. The molecular formula is C26H44O23. The van der Waals surface area contributed by atoms with Gasteiger partial charge in [-0.25, -0.2) is 4.79 Å². The van der Waals surface area contributed by atoms with Gasteiger partial charge in [0.05, 0.1) is 26.4 Å². The van der Waals surface area contributed by atoms with Gasteiger partial charge in [0.1, 0.15) is 104 Å². The third kappa shape index (κ3) is 8.65. The van der Waals surface area contributed by atoms with E-state index in [1.54, 1.807) is 0 Å². The number of carboxylic acid groups (broad SMARTS) is 1. The smallest absolute Gasteiger partial charge is 0.329 e. The van der Waals surface area contributed by atoms with Gasteiger partial charge in [-0.05, 0) is 0 Å². The molecule has 4 aliphatic heterocycles. The van der Waals surface area contributed by atoms with Crippen molar-refractivity contribution in [1.29, 1.82) is 0 Å². The van der Waals surface area contributed by atoms with Gasteiger partial charge >= 0.3 is 5.97 Å². The Bertz CT molecular complexity index is 1030. The molecule has 49 heavy (non-hydrogen) atoms. The first kappa shape index (κ1) is 40.4. The monoisotopic (exact) mass is 724 g/mol. The topological polar surface area (TPSA) is 374 Å². The van der Waals surface area contributed by atoms with Crippen molar-refractivity contribution < 1.29 is 114 Å². The van der Waals surface area contributed by atoms with E-state index in [0.717, 1.165) is 0 Å². The molecule has 286 valence electrons. The summed E-state index contributed by atoms with van der Waals surface area (Å²) in [6.07, 6.45) is -36.1. The van der Waals surface area contributed by atoms with Crippen LogP contribution in [0, 0.1) is 0 Å². The molecule has 20 atom stereocenters. The number of aliphatic hydroxyl groups excluding tert-OH is 13. The zero-order valence-corrected chi connectivity index (χ0v) is 25.5. The first-order chi connectivity index (χ1) is 23.2. The minimum absolute atomic E-state index is 0.806. The summed E-state index contributed by atoms with van der Waals surface area (Å²) in [5.41, 5.74) is 0. The van der Waals surface area contributed by atoms with Gasteiger partial charge in [-0.3, -0.25) is 0 Å². The minimum atomic E-state index is -2.08. The van der Waals surface area contributed by atoms with Crippen LogP contribution in [0.3, 0.4) is 0 Å². The molecule has 4 saturated heterocycles. The van der Waals surface area contributed by atoms with Crippen LogP contribution in [0.25, 0.3) is 0 Å². The molecule has 0 aliphatic carbocycles. The van der Waals surface area contributed by atoms with Crippen LogP contribution in [0.1, 0.15) is 0 Å². The van der Waals surface area contributed by atoms with Crippen LogP contribution in [0.4, 0.5) is 0 Å². The van der Waals surface area contributed by atoms with E-state index in [4.69, 9.17) is 37.9 Å². The lowest BCUT2D eigenvalue weighted by molar-refractivity contribution is -0.389. The van der Waals surface area contributed by atoms with Crippen molar-refractivity contribution >= 4 is 5.97 Å². The summed E-state index contributed by atoms with van der Waals surface area (Å²) in [6.45, 7) is -4.62.